The minimum atomic E-state index is -4.75. The zero-order valence-electron chi connectivity index (χ0n) is 10.5. The largest absolute Gasteiger partial charge is 0.494 e. The van der Waals surface area contributed by atoms with Crippen LogP contribution in [0.15, 0.2) is 18.2 Å². The number of hydrogen-bond acceptors (Lipinski definition) is 5. The van der Waals surface area contributed by atoms with Crippen molar-refractivity contribution in [2.24, 2.45) is 0 Å². The first-order valence-corrected chi connectivity index (χ1v) is 5.65. The molecule has 0 fully saturated rings. The molecular weight excluding hydrogens is 281 g/mol. The van der Waals surface area contributed by atoms with E-state index in [0.717, 1.165) is 12.1 Å². The minimum Gasteiger partial charge on any atom is -0.494 e. The second-order valence-corrected chi connectivity index (χ2v) is 3.84. The zero-order valence-corrected chi connectivity index (χ0v) is 10.5. The Labute approximate surface area is 112 Å². The second-order valence-electron chi connectivity index (χ2n) is 3.84. The van der Waals surface area contributed by atoms with Crippen molar-refractivity contribution >= 4 is 11.4 Å². The standard InChI is InChI=1S/C11H13F3N2O4/c1-2-20-9-4-7(3-8(5-9)16(18)19)15-6-10(17)11(12,13)14/h3-5,10,15,17H,2,6H2,1H3. The topological polar surface area (TPSA) is 84.6 Å². The molecule has 0 bridgehead atoms. The first-order chi connectivity index (χ1) is 9.24. The molecular formula is C11H13F3N2O4. The summed E-state index contributed by atoms with van der Waals surface area (Å²) in [5.74, 6) is 0.158. The Morgan fingerprint density at radius 3 is 2.60 bits per heavy atom. The summed E-state index contributed by atoms with van der Waals surface area (Å²) >= 11 is 0. The van der Waals surface area contributed by atoms with Gasteiger partial charge in [-0.3, -0.25) is 10.1 Å². The van der Waals surface area contributed by atoms with E-state index in [4.69, 9.17) is 9.84 Å². The number of aliphatic hydroxyl groups excluding tert-OH is 1. The molecule has 1 aromatic rings. The van der Waals surface area contributed by atoms with Crippen molar-refractivity contribution in [1.82, 2.24) is 0 Å². The first-order valence-electron chi connectivity index (χ1n) is 5.65. The van der Waals surface area contributed by atoms with E-state index in [1.807, 2.05) is 0 Å². The van der Waals surface area contributed by atoms with Gasteiger partial charge in [-0.1, -0.05) is 0 Å². The number of ether oxygens (including phenoxy) is 1. The molecule has 1 aromatic carbocycles. The molecule has 0 amide bonds. The van der Waals surface area contributed by atoms with Crippen LogP contribution in [-0.4, -0.2) is 35.5 Å². The number of rotatable bonds is 6. The maximum atomic E-state index is 12.1. The molecule has 0 aromatic heterocycles. The summed E-state index contributed by atoms with van der Waals surface area (Å²) in [5, 5.41) is 21.8. The van der Waals surface area contributed by atoms with Crippen LogP contribution < -0.4 is 10.1 Å². The smallest absolute Gasteiger partial charge is 0.416 e. The molecule has 9 heteroatoms. The average molecular weight is 294 g/mol. The molecule has 0 aliphatic heterocycles. The van der Waals surface area contributed by atoms with Gasteiger partial charge >= 0.3 is 6.18 Å². The fraction of sp³-hybridized carbons (Fsp3) is 0.455. The molecule has 0 spiro atoms. The van der Waals surface area contributed by atoms with Gasteiger partial charge in [0.05, 0.1) is 17.6 Å². The third kappa shape index (κ3) is 4.57. The molecule has 6 nitrogen and oxygen atoms in total. The molecule has 0 saturated heterocycles. The predicted molar refractivity (Wildman–Crippen MR) is 64.8 cm³/mol. The Kier molecular flexibility index (Phi) is 5.14. The maximum Gasteiger partial charge on any atom is 0.416 e. The van der Waals surface area contributed by atoms with Crippen molar-refractivity contribution in [3.05, 3.63) is 28.3 Å². The summed E-state index contributed by atoms with van der Waals surface area (Å²) in [6.07, 6.45) is -7.31. The lowest BCUT2D eigenvalue weighted by Gasteiger charge is -2.16. The van der Waals surface area contributed by atoms with Crippen LogP contribution in [0.2, 0.25) is 0 Å². The molecule has 1 unspecified atom stereocenters. The fourth-order valence-corrected chi connectivity index (χ4v) is 1.37. The summed E-state index contributed by atoms with van der Waals surface area (Å²) in [4.78, 5) is 10.0. The highest BCUT2D eigenvalue weighted by Gasteiger charge is 2.37. The van der Waals surface area contributed by atoms with Crippen LogP contribution in [0.3, 0.4) is 0 Å². The molecule has 0 aliphatic carbocycles. The molecule has 20 heavy (non-hydrogen) atoms. The Hall–Kier alpha value is -2.03. The van der Waals surface area contributed by atoms with Gasteiger partial charge in [0, 0.05) is 24.4 Å². The normalized spacial score (nSPS) is 12.8. The van der Waals surface area contributed by atoms with Crippen molar-refractivity contribution in [1.29, 1.82) is 0 Å². The lowest BCUT2D eigenvalue weighted by Crippen LogP contribution is -2.35. The Balaban J connectivity index is 2.86. The number of alkyl halides is 3. The van der Waals surface area contributed by atoms with Gasteiger partial charge in [0.2, 0.25) is 0 Å². The Morgan fingerprint density at radius 1 is 1.45 bits per heavy atom. The number of nitrogens with zero attached hydrogens (tertiary/aromatic N) is 1. The van der Waals surface area contributed by atoms with Crippen LogP contribution in [-0.2, 0) is 0 Å². The Bertz CT molecular complexity index is 479. The monoisotopic (exact) mass is 294 g/mol. The average Bonchev–Trinajstić information content (AvgIpc) is 2.34. The van der Waals surface area contributed by atoms with Gasteiger partial charge in [-0.25, -0.2) is 0 Å². The first kappa shape index (κ1) is 16.0. The molecule has 1 atom stereocenters. The lowest BCUT2D eigenvalue weighted by molar-refractivity contribution is -0.384. The molecule has 2 N–H and O–H groups in total. The van der Waals surface area contributed by atoms with Crippen molar-refractivity contribution in [2.45, 2.75) is 19.2 Å². The highest BCUT2D eigenvalue weighted by molar-refractivity contribution is 5.56. The van der Waals surface area contributed by atoms with E-state index in [9.17, 15) is 23.3 Å². The number of aliphatic hydroxyl groups is 1. The number of benzene rings is 1. The van der Waals surface area contributed by atoms with E-state index in [1.165, 1.54) is 6.07 Å². The van der Waals surface area contributed by atoms with Crippen LogP contribution in [0.1, 0.15) is 6.92 Å². The van der Waals surface area contributed by atoms with Gasteiger partial charge < -0.3 is 15.2 Å². The SMILES string of the molecule is CCOc1cc(NCC(O)C(F)(F)F)cc([N+](=O)[O-])c1. The third-order valence-corrected chi connectivity index (χ3v) is 2.29. The quantitative estimate of drug-likeness (QED) is 0.621. The number of nitro benzene ring substituents is 1. The Morgan fingerprint density at radius 2 is 2.10 bits per heavy atom. The van der Waals surface area contributed by atoms with Crippen molar-refractivity contribution in [3.63, 3.8) is 0 Å². The van der Waals surface area contributed by atoms with Gasteiger partial charge in [-0.2, -0.15) is 13.2 Å². The van der Waals surface area contributed by atoms with Crippen molar-refractivity contribution in [2.75, 3.05) is 18.5 Å². The van der Waals surface area contributed by atoms with Gasteiger partial charge in [-0.05, 0) is 6.92 Å². The van der Waals surface area contributed by atoms with Crippen LogP contribution >= 0.6 is 0 Å². The van der Waals surface area contributed by atoms with Gasteiger partial charge in [0.1, 0.15) is 5.75 Å². The summed E-state index contributed by atoms with van der Waals surface area (Å²) in [6, 6.07) is 3.54. The molecule has 0 heterocycles. The van der Waals surface area contributed by atoms with E-state index in [-0.39, 0.29) is 23.7 Å². The summed E-state index contributed by atoms with van der Waals surface area (Å²) in [6.45, 7) is 1.11. The second kappa shape index (κ2) is 6.42. The molecule has 112 valence electrons. The minimum absolute atomic E-state index is 0.0611. The van der Waals surface area contributed by atoms with Gasteiger partial charge in [0.15, 0.2) is 6.10 Å². The van der Waals surface area contributed by atoms with Crippen LogP contribution in [0, 0.1) is 10.1 Å². The highest BCUT2D eigenvalue weighted by atomic mass is 19.4. The van der Waals surface area contributed by atoms with E-state index in [1.54, 1.807) is 6.92 Å². The number of non-ortho nitro benzene ring substituents is 1. The van der Waals surface area contributed by atoms with Gasteiger partial charge in [-0.15, -0.1) is 0 Å². The summed E-state index contributed by atoms with van der Waals surface area (Å²) < 4.78 is 41.5. The van der Waals surface area contributed by atoms with Crippen molar-refractivity contribution in [3.8, 4) is 5.75 Å². The number of hydrogen-bond donors (Lipinski definition) is 2. The predicted octanol–water partition coefficient (Wildman–Crippen LogP) is 2.33. The lowest BCUT2D eigenvalue weighted by atomic mass is 10.2. The fourth-order valence-electron chi connectivity index (χ4n) is 1.37. The van der Waals surface area contributed by atoms with Crippen LogP contribution in [0.25, 0.3) is 0 Å². The summed E-state index contributed by atoms with van der Waals surface area (Å²) in [5.41, 5.74) is -0.258. The number of halogens is 3. The van der Waals surface area contributed by atoms with E-state index in [0.29, 0.717) is 0 Å². The number of nitrogens with one attached hydrogen (secondary N) is 1. The van der Waals surface area contributed by atoms with Crippen LogP contribution in [0.4, 0.5) is 24.5 Å². The highest BCUT2D eigenvalue weighted by Crippen LogP contribution is 2.27. The molecule has 1 rings (SSSR count). The number of anilines is 1. The van der Waals surface area contributed by atoms with Crippen LogP contribution in [0.5, 0.6) is 5.75 Å². The van der Waals surface area contributed by atoms with E-state index in [2.05, 4.69) is 5.32 Å². The number of nitro groups is 1. The molecule has 0 radical (unpaired) electrons. The molecule has 0 saturated carbocycles. The van der Waals surface area contributed by atoms with Gasteiger partial charge in [0.25, 0.3) is 5.69 Å². The van der Waals surface area contributed by atoms with Crippen molar-refractivity contribution < 1.29 is 27.9 Å². The third-order valence-electron chi connectivity index (χ3n) is 2.29. The van der Waals surface area contributed by atoms with E-state index >= 15 is 0 Å². The maximum absolute atomic E-state index is 12.1. The summed E-state index contributed by atoms with van der Waals surface area (Å²) in [7, 11) is 0. The molecule has 0 aliphatic rings. The zero-order chi connectivity index (χ0) is 15.3. The van der Waals surface area contributed by atoms with E-state index < -0.39 is 23.7 Å².